The molecule has 14 heteroatoms. The van der Waals surface area contributed by atoms with E-state index in [0.717, 1.165) is 22.5 Å². The van der Waals surface area contributed by atoms with Gasteiger partial charge in [0.05, 0.1) is 43.1 Å². The summed E-state index contributed by atoms with van der Waals surface area (Å²) in [5.41, 5.74) is 7.39. The quantitative estimate of drug-likeness (QED) is 0.0292. The Hall–Kier alpha value is -6.25. The van der Waals surface area contributed by atoms with Crippen molar-refractivity contribution in [2.75, 3.05) is 31.9 Å². The monoisotopic (exact) mass is 892 g/mol. The van der Waals surface area contributed by atoms with E-state index in [-0.39, 0.29) is 56.9 Å². The van der Waals surface area contributed by atoms with Crippen LogP contribution in [-0.2, 0) is 25.5 Å². The second-order valence-corrected chi connectivity index (χ2v) is 16.2. The number of benzene rings is 4. The number of hydrogen-bond donors (Lipinski definition) is 5. The van der Waals surface area contributed by atoms with Gasteiger partial charge in [-0.1, -0.05) is 104 Å². The molecule has 0 spiro atoms. The standard InChI is InChI=1S/C50H54ClFN4O8/c1-32(2)47-46(49(60)55-38-14-8-5-9-15-38)45(34-12-6-4-7-13-34)48(35-18-20-37(52)21-19-35)56(47)24-22-40(57)28-41(58)29-44(59)63-31-64-50(61)53-23-25-62-30-39-27-36(26-33(3)54-39)42-16-10-11-17-43(42)51/h4-21,26-27,32,36,40-41,54,57-58H,22-25,28-31H2,1-3H3,(H,53,61)(H,55,60). The van der Waals surface area contributed by atoms with Crippen LogP contribution in [-0.4, -0.2) is 71.5 Å². The van der Waals surface area contributed by atoms with E-state index in [1.807, 2.05) is 104 Å². The third-order valence-electron chi connectivity index (χ3n) is 10.5. The molecule has 0 saturated carbocycles. The second kappa shape index (κ2) is 22.9. The minimum Gasteiger partial charge on any atom is -0.428 e. The van der Waals surface area contributed by atoms with Crippen molar-refractivity contribution in [1.82, 2.24) is 15.2 Å². The smallest absolute Gasteiger partial charge is 0.410 e. The minimum absolute atomic E-state index is 0.00166. The number of aliphatic hydroxyl groups excluding tert-OH is 2. The van der Waals surface area contributed by atoms with E-state index < -0.39 is 43.3 Å². The molecule has 0 fully saturated rings. The molecule has 1 aromatic heterocycles. The zero-order chi connectivity index (χ0) is 45.6. The van der Waals surface area contributed by atoms with Crippen LogP contribution in [0.5, 0.6) is 0 Å². The zero-order valence-corrected chi connectivity index (χ0v) is 36.8. The molecule has 1 aliphatic rings. The van der Waals surface area contributed by atoms with Crippen molar-refractivity contribution in [3.8, 4) is 22.4 Å². The summed E-state index contributed by atoms with van der Waals surface area (Å²) in [4.78, 5) is 39.0. The molecule has 336 valence electrons. The van der Waals surface area contributed by atoms with Gasteiger partial charge in [-0.15, -0.1) is 0 Å². The maximum Gasteiger partial charge on any atom is 0.410 e. The van der Waals surface area contributed by atoms with Gasteiger partial charge in [-0.3, -0.25) is 9.59 Å². The predicted octanol–water partition coefficient (Wildman–Crippen LogP) is 9.30. The number of ether oxygens (including phenoxy) is 3. The first kappa shape index (κ1) is 47.2. The third-order valence-corrected chi connectivity index (χ3v) is 10.9. The molecule has 0 saturated heterocycles. The van der Waals surface area contributed by atoms with Gasteiger partial charge < -0.3 is 44.9 Å². The first-order valence-electron chi connectivity index (χ1n) is 21.2. The number of allylic oxidation sites excluding steroid dienone is 3. The van der Waals surface area contributed by atoms with Crippen molar-refractivity contribution in [2.24, 2.45) is 0 Å². The number of alkyl carbamates (subject to hydrolysis) is 1. The Morgan fingerprint density at radius 3 is 2.25 bits per heavy atom. The van der Waals surface area contributed by atoms with Crippen LogP contribution in [0.2, 0.25) is 5.02 Å². The molecule has 2 heterocycles. The largest absolute Gasteiger partial charge is 0.428 e. The molecule has 64 heavy (non-hydrogen) atoms. The van der Waals surface area contributed by atoms with Crippen LogP contribution < -0.4 is 16.0 Å². The van der Waals surface area contributed by atoms with E-state index in [1.165, 1.54) is 12.1 Å². The molecule has 5 aromatic rings. The Balaban J connectivity index is 1.01. The zero-order valence-electron chi connectivity index (χ0n) is 36.1. The number of amides is 2. The highest BCUT2D eigenvalue weighted by Crippen LogP contribution is 2.43. The highest BCUT2D eigenvalue weighted by atomic mass is 35.5. The topological polar surface area (TPSA) is 160 Å². The number of para-hydroxylation sites is 1. The average molecular weight is 893 g/mol. The number of carbonyl (C=O) groups excluding carboxylic acids is 3. The predicted molar refractivity (Wildman–Crippen MR) is 245 cm³/mol. The Morgan fingerprint density at radius 2 is 1.55 bits per heavy atom. The lowest BCUT2D eigenvalue weighted by Gasteiger charge is -2.22. The number of nitrogens with zero attached hydrogens (tertiary/aromatic N) is 1. The van der Waals surface area contributed by atoms with E-state index >= 15 is 0 Å². The fraction of sp³-hybridized carbons (Fsp3) is 0.300. The lowest BCUT2D eigenvalue weighted by atomic mass is 9.94. The van der Waals surface area contributed by atoms with Crippen molar-refractivity contribution in [1.29, 1.82) is 0 Å². The maximum atomic E-state index is 14.3. The molecule has 6 rings (SSSR count). The lowest BCUT2D eigenvalue weighted by Crippen LogP contribution is -2.30. The highest BCUT2D eigenvalue weighted by molar-refractivity contribution is 6.31. The number of carbonyl (C=O) groups is 3. The fourth-order valence-corrected chi connectivity index (χ4v) is 8.00. The Morgan fingerprint density at radius 1 is 0.859 bits per heavy atom. The van der Waals surface area contributed by atoms with Crippen molar-refractivity contribution >= 4 is 35.3 Å². The fourth-order valence-electron chi connectivity index (χ4n) is 7.74. The number of anilines is 1. The van der Waals surface area contributed by atoms with Gasteiger partial charge in [-0.25, -0.2) is 9.18 Å². The summed E-state index contributed by atoms with van der Waals surface area (Å²) in [5.74, 6) is -1.72. The van der Waals surface area contributed by atoms with Gasteiger partial charge in [0, 0.05) is 52.4 Å². The molecule has 2 amide bonds. The summed E-state index contributed by atoms with van der Waals surface area (Å²) in [6.45, 7) is 6.09. The third kappa shape index (κ3) is 12.9. The Labute approximate surface area is 377 Å². The van der Waals surface area contributed by atoms with Crippen molar-refractivity contribution < 1.29 is 43.2 Å². The first-order valence-corrected chi connectivity index (χ1v) is 21.6. The van der Waals surface area contributed by atoms with E-state index in [1.54, 1.807) is 24.3 Å². The van der Waals surface area contributed by atoms with Crippen LogP contribution in [0.25, 0.3) is 22.4 Å². The van der Waals surface area contributed by atoms with Gasteiger partial charge >= 0.3 is 12.1 Å². The van der Waals surface area contributed by atoms with Gasteiger partial charge in [-0.05, 0) is 84.8 Å². The number of rotatable bonds is 20. The molecule has 0 bridgehead atoms. The molecule has 0 radical (unpaired) electrons. The molecule has 3 atom stereocenters. The van der Waals surface area contributed by atoms with Gasteiger partial charge in [-0.2, -0.15) is 0 Å². The summed E-state index contributed by atoms with van der Waals surface area (Å²) >= 11 is 6.40. The van der Waals surface area contributed by atoms with Crippen LogP contribution >= 0.6 is 11.6 Å². The van der Waals surface area contributed by atoms with Gasteiger partial charge in [0.25, 0.3) is 5.91 Å². The minimum atomic E-state index is -1.26. The molecule has 3 unspecified atom stereocenters. The summed E-state index contributed by atoms with van der Waals surface area (Å²) in [5, 5.41) is 31.5. The summed E-state index contributed by atoms with van der Waals surface area (Å²) in [6.07, 6.45) is 0.505. The number of hydrogen-bond acceptors (Lipinski definition) is 9. The molecule has 5 N–H and O–H groups in total. The maximum absolute atomic E-state index is 14.3. The van der Waals surface area contributed by atoms with E-state index in [0.29, 0.717) is 38.8 Å². The SMILES string of the molecule is CC1=CC(c2ccccc2Cl)C=C(COCCNC(=O)OCOC(=O)CC(O)CC(O)CCn2c(-c3ccc(F)cc3)c(-c3ccccc3)c(C(=O)Nc3ccccc3)c2C(C)C)N1. The molecular weight excluding hydrogens is 839 g/mol. The summed E-state index contributed by atoms with van der Waals surface area (Å²) < 4.78 is 31.9. The Bertz CT molecular complexity index is 2420. The van der Waals surface area contributed by atoms with E-state index in [4.69, 9.17) is 25.8 Å². The summed E-state index contributed by atoms with van der Waals surface area (Å²) in [7, 11) is 0. The second-order valence-electron chi connectivity index (χ2n) is 15.8. The van der Waals surface area contributed by atoms with E-state index in [9.17, 15) is 29.0 Å². The van der Waals surface area contributed by atoms with Gasteiger partial charge in [0.15, 0.2) is 0 Å². The van der Waals surface area contributed by atoms with Crippen LogP contribution in [0.15, 0.2) is 133 Å². The highest BCUT2D eigenvalue weighted by Gasteiger charge is 2.31. The molecule has 1 aliphatic heterocycles. The number of halogens is 2. The van der Waals surface area contributed by atoms with Crippen LogP contribution in [0.3, 0.4) is 0 Å². The molecule has 4 aromatic carbocycles. The lowest BCUT2D eigenvalue weighted by molar-refractivity contribution is -0.154. The number of nitrogens with one attached hydrogen (secondary N) is 3. The molecule has 12 nitrogen and oxygen atoms in total. The average Bonchev–Trinajstić information content (AvgIpc) is 3.62. The van der Waals surface area contributed by atoms with Gasteiger partial charge in [0.1, 0.15) is 5.82 Å². The number of aliphatic hydroxyl groups is 2. The van der Waals surface area contributed by atoms with Crippen molar-refractivity contribution in [3.05, 3.63) is 160 Å². The van der Waals surface area contributed by atoms with Gasteiger partial charge in [0.2, 0.25) is 6.79 Å². The van der Waals surface area contributed by atoms with Crippen LogP contribution in [0, 0.1) is 5.82 Å². The number of aromatic nitrogens is 1. The molecule has 0 aliphatic carbocycles. The molecular formula is C50H54ClFN4O8. The normalized spacial score (nSPS) is 14.5. The van der Waals surface area contributed by atoms with Crippen molar-refractivity contribution in [2.45, 2.75) is 70.6 Å². The van der Waals surface area contributed by atoms with Crippen LogP contribution in [0.4, 0.5) is 14.9 Å². The van der Waals surface area contributed by atoms with Crippen molar-refractivity contribution in [3.63, 3.8) is 0 Å². The van der Waals surface area contributed by atoms with Crippen LogP contribution in [0.1, 0.15) is 73.5 Å². The summed E-state index contributed by atoms with van der Waals surface area (Å²) in [6, 6.07) is 32.3. The van der Waals surface area contributed by atoms with E-state index in [2.05, 4.69) is 22.0 Å². The Kier molecular flexibility index (Phi) is 16.9. The number of dihydropyridines is 1. The first-order chi connectivity index (χ1) is 30.9. The number of esters is 1.